The standard InChI is InChI=1S/C13H23N3O2/c1-3-13(7-5-8-14-10-13)12-15-11(16-18-12)6-9-17-4-2/h14H,3-10H2,1-2H3. The van der Waals surface area contributed by atoms with Gasteiger partial charge in [0.05, 0.1) is 12.0 Å². The van der Waals surface area contributed by atoms with Gasteiger partial charge in [0.25, 0.3) is 0 Å². The van der Waals surface area contributed by atoms with Crippen LogP contribution in [0.4, 0.5) is 0 Å². The number of rotatable bonds is 6. The van der Waals surface area contributed by atoms with E-state index in [0.717, 1.165) is 50.7 Å². The summed E-state index contributed by atoms with van der Waals surface area (Å²) in [6.45, 7) is 7.60. The van der Waals surface area contributed by atoms with E-state index in [1.807, 2.05) is 6.92 Å². The Labute approximate surface area is 108 Å². The van der Waals surface area contributed by atoms with E-state index in [2.05, 4.69) is 22.4 Å². The van der Waals surface area contributed by atoms with Crippen molar-refractivity contribution in [3.8, 4) is 0 Å². The molecule has 2 heterocycles. The molecular formula is C13H23N3O2. The summed E-state index contributed by atoms with van der Waals surface area (Å²) in [5.74, 6) is 1.56. The third-order valence-electron chi connectivity index (χ3n) is 3.74. The number of nitrogens with zero attached hydrogens (tertiary/aromatic N) is 2. The Hall–Kier alpha value is -0.940. The van der Waals surface area contributed by atoms with Crippen molar-refractivity contribution in [2.45, 2.75) is 44.9 Å². The molecule has 2 rings (SSSR count). The molecule has 1 unspecified atom stereocenters. The van der Waals surface area contributed by atoms with Crippen LogP contribution in [0.3, 0.4) is 0 Å². The number of piperidine rings is 1. The summed E-state index contributed by atoms with van der Waals surface area (Å²) in [6.07, 6.45) is 4.06. The van der Waals surface area contributed by atoms with Gasteiger partial charge in [0.1, 0.15) is 0 Å². The topological polar surface area (TPSA) is 60.2 Å². The summed E-state index contributed by atoms with van der Waals surface area (Å²) in [6, 6.07) is 0. The second kappa shape index (κ2) is 6.29. The third-order valence-corrected chi connectivity index (χ3v) is 3.74. The maximum atomic E-state index is 5.47. The zero-order valence-corrected chi connectivity index (χ0v) is 11.4. The lowest BCUT2D eigenvalue weighted by molar-refractivity contribution is 0.149. The monoisotopic (exact) mass is 253 g/mol. The SMILES string of the molecule is CCOCCc1noc(C2(CC)CCCNC2)n1. The Morgan fingerprint density at radius 1 is 1.44 bits per heavy atom. The first-order chi connectivity index (χ1) is 8.80. The van der Waals surface area contributed by atoms with Gasteiger partial charge in [-0.05, 0) is 32.7 Å². The van der Waals surface area contributed by atoms with Gasteiger partial charge in [-0.1, -0.05) is 12.1 Å². The first-order valence-corrected chi connectivity index (χ1v) is 6.92. The van der Waals surface area contributed by atoms with Crippen LogP contribution in [0.2, 0.25) is 0 Å². The van der Waals surface area contributed by atoms with E-state index in [0.29, 0.717) is 6.61 Å². The maximum absolute atomic E-state index is 5.47. The molecule has 0 bridgehead atoms. The van der Waals surface area contributed by atoms with Crippen LogP contribution < -0.4 is 5.32 Å². The van der Waals surface area contributed by atoms with E-state index in [-0.39, 0.29) is 5.41 Å². The maximum Gasteiger partial charge on any atom is 0.234 e. The van der Waals surface area contributed by atoms with Gasteiger partial charge in [0.15, 0.2) is 5.82 Å². The minimum absolute atomic E-state index is 0.0368. The van der Waals surface area contributed by atoms with E-state index in [1.54, 1.807) is 0 Å². The van der Waals surface area contributed by atoms with Crippen molar-refractivity contribution in [3.63, 3.8) is 0 Å². The van der Waals surface area contributed by atoms with E-state index in [9.17, 15) is 0 Å². The minimum Gasteiger partial charge on any atom is -0.381 e. The fraction of sp³-hybridized carbons (Fsp3) is 0.846. The molecule has 1 aromatic rings. The van der Waals surface area contributed by atoms with Gasteiger partial charge in [-0.3, -0.25) is 0 Å². The second-order valence-corrected chi connectivity index (χ2v) is 4.88. The van der Waals surface area contributed by atoms with Gasteiger partial charge in [-0.25, -0.2) is 0 Å². The summed E-state index contributed by atoms with van der Waals surface area (Å²) in [4.78, 5) is 4.55. The summed E-state index contributed by atoms with van der Waals surface area (Å²) < 4.78 is 10.8. The fourth-order valence-electron chi connectivity index (χ4n) is 2.48. The zero-order valence-electron chi connectivity index (χ0n) is 11.4. The van der Waals surface area contributed by atoms with Gasteiger partial charge >= 0.3 is 0 Å². The Morgan fingerprint density at radius 3 is 3.00 bits per heavy atom. The molecule has 5 heteroatoms. The highest BCUT2D eigenvalue weighted by atomic mass is 16.5. The van der Waals surface area contributed by atoms with Gasteiger partial charge in [-0.15, -0.1) is 0 Å². The van der Waals surface area contributed by atoms with E-state index in [1.165, 1.54) is 6.42 Å². The molecule has 1 aromatic heterocycles. The molecule has 102 valence electrons. The number of hydrogen-bond acceptors (Lipinski definition) is 5. The number of nitrogens with one attached hydrogen (secondary N) is 1. The van der Waals surface area contributed by atoms with Crippen LogP contribution >= 0.6 is 0 Å². The van der Waals surface area contributed by atoms with Crippen LogP contribution in [-0.2, 0) is 16.6 Å². The summed E-state index contributed by atoms with van der Waals surface area (Å²) in [7, 11) is 0. The molecule has 0 aromatic carbocycles. The average Bonchev–Trinajstić information content (AvgIpc) is 2.89. The van der Waals surface area contributed by atoms with Crippen LogP contribution in [0.5, 0.6) is 0 Å². The number of ether oxygens (including phenoxy) is 1. The number of aromatic nitrogens is 2. The summed E-state index contributed by atoms with van der Waals surface area (Å²) >= 11 is 0. The van der Waals surface area contributed by atoms with Crippen molar-refractivity contribution in [2.24, 2.45) is 0 Å². The highest BCUT2D eigenvalue weighted by Crippen LogP contribution is 2.33. The van der Waals surface area contributed by atoms with E-state index >= 15 is 0 Å². The summed E-state index contributed by atoms with van der Waals surface area (Å²) in [5.41, 5.74) is 0.0368. The average molecular weight is 253 g/mol. The van der Waals surface area contributed by atoms with Crippen molar-refractivity contribution in [2.75, 3.05) is 26.3 Å². The molecule has 1 fully saturated rings. The Balaban J connectivity index is 2.02. The molecule has 1 atom stereocenters. The highest BCUT2D eigenvalue weighted by Gasteiger charge is 2.37. The molecule has 0 saturated carbocycles. The van der Waals surface area contributed by atoms with Crippen molar-refractivity contribution in [1.29, 1.82) is 0 Å². The molecule has 0 radical (unpaired) electrons. The largest absolute Gasteiger partial charge is 0.381 e. The lowest BCUT2D eigenvalue weighted by Crippen LogP contribution is -2.43. The molecule has 0 spiro atoms. The van der Waals surface area contributed by atoms with Crippen LogP contribution in [0.25, 0.3) is 0 Å². The zero-order chi connectivity index (χ0) is 12.8. The van der Waals surface area contributed by atoms with Crippen molar-refractivity contribution >= 4 is 0 Å². The minimum atomic E-state index is 0.0368. The molecule has 1 N–H and O–H groups in total. The molecule has 18 heavy (non-hydrogen) atoms. The molecule has 1 aliphatic heterocycles. The number of hydrogen-bond donors (Lipinski definition) is 1. The first-order valence-electron chi connectivity index (χ1n) is 6.92. The molecule has 1 aliphatic rings. The van der Waals surface area contributed by atoms with Crippen LogP contribution in [0, 0.1) is 0 Å². The third kappa shape index (κ3) is 2.90. The summed E-state index contributed by atoms with van der Waals surface area (Å²) in [5, 5.41) is 7.50. The van der Waals surface area contributed by atoms with Crippen LogP contribution in [0.1, 0.15) is 44.8 Å². The Morgan fingerprint density at radius 2 is 2.33 bits per heavy atom. The van der Waals surface area contributed by atoms with Gasteiger partial charge in [0, 0.05) is 19.6 Å². The smallest absolute Gasteiger partial charge is 0.234 e. The van der Waals surface area contributed by atoms with Crippen molar-refractivity contribution in [3.05, 3.63) is 11.7 Å². The second-order valence-electron chi connectivity index (χ2n) is 4.88. The van der Waals surface area contributed by atoms with Crippen molar-refractivity contribution < 1.29 is 9.26 Å². The van der Waals surface area contributed by atoms with E-state index < -0.39 is 0 Å². The normalized spacial score (nSPS) is 24.3. The fourth-order valence-corrected chi connectivity index (χ4v) is 2.48. The van der Waals surface area contributed by atoms with E-state index in [4.69, 9.17) is 9.26 Å². The first kappa shape index (κ1) is 13.5. The predicted octanol–water partition coefficient (Wildman–Crippen LogP) is 1.68. The van der Waals surface area contributed by atoms with Crippen LogP contribution in [-0.4, -0.2) is 36.4 Å². The van der Waals surface area contributed by atoms with Gasteiger partial charge < -0.3 is 14.6 Å². The molecule has 0 amide bonds. The highest BCUT2D eigenvalue weighted by molar-refractivity contribution is 5.08. The molecule has 5 nitrogen and oxygen atoms in total. The quantitative estimate of drug-likeness (QED) is 0.782. The van der Waals surface area contributed by atoms with Crippen LogP contribution in [0.15, 0.2) is 4.52 Å². The molecule has 0 aliphatic carbocycles. The lowest BCUT2D eigenvalue weighted by atomic mass is 9.78. The lowest BCUT2D eigenvalue weighted by Gasteiger charge is -2.33. The predicted molar refractivity (Wildman–Crippen MR) is 68.6 cm³/mol. The molecular weight excluding hydrogens is 230 g/mol. The van der Waals surface area contributed by atoms with Gasteiger partial charge in [0.2, 0.25) is 5.89 Å². The Kier molecular flexibility index (Phi) is 4.72. The van der Waals surface area contributed by atoms with Gasteiger partial charge in [-0.2, -0.15) is 4.98 Å². The Bertz CT molecular complexity index is 359. The molecule has 1 saturated heterocycles. The van der Waals surface area contributed by atoms with Crippen molar-refractivity contribution in [1.82, 2.24) is 15.5 Å².